The van der Waals surface area contributed by atoms with Crippen LogP contribution in [0.3, 0.4) is 0 Å². The first-order valence-corrected chi connectivity index (χ1v) is 9.38. The van der Waals surface area contributed by atoms with E-state index in [2.05, 4.69) is 10.3 Å². The molecule has 0 saturated heterocycles. The van der Waals surface area contributed by atoms with Gasteiger partial charge in [0.25, 0.3) is 5.91 Å². The number of nitrogens with one attached hydrogen (secondary N) is 1. The topological polar surface area (TPSA) is 77.5 Å². The Morgan fingerprint density at radius 1 is 1.22 bits per heavy atom. The number of anilines is 1. The number of amides is 1. The third-order valence-corrected chi connectivity index (χ3v) is 5.01. The van der Waals surface area contributed by atoms with Crippen LogP contribution in [-0.4, -0.2) is 30.6 Å². The van der Waals surface area contributed by atoms with Crippen LogP contribution in [0, 0.1) is 0 Å². The van der Waals surface area contributed by atoms with Gasteiger partial charge in [-0.1, -0.05) is 23.7 Å². The Balaban J connectivity index is 1.47. The number of ether oxygens (including phenoxy) is 2. The van der Waals surface area contributed by atoms with E-state index in [9.17, 15) is 9.59 Å². The van der Waals surface area contributed by atoms with Crippen LogP contribution < -0.4 is 10.1 Å². The number of aromatic nitrogens is 1. The van der Waals surface area contributed by atoms with Crippen molar-refractivity contribution in [2.45, 2.75) is 12.8 Å². The number of para-hydroxylation sites is 1. The predicted molar refractivity (Wildman–Crippen MR) is 106 cm³/mol. The summed E-state index contributed by atoms with van der Waals surface area (Å²) in [5.74, 6) is -0.457. The summed E-state index contributed by atoms with van der Waals surface area (Å²) in [4.78, 5) is 28.4. The molecule has 0 unspecified atom stereocenters. The first-order chi connectivity index (χ1) is 13.0. The van der Waals surface area contributed by atoms with Crippen LogP contribution in [0.25, 0.3) is 10.2 Å². The summed E-state index contributed by atoms with van der Waals surface area (Å²) in [6.45, 7) is -0.381. The van der Waals surface area contributed by atoms with Crippen LogP contribution in [0.1, 0.15) is 11.4 Å². The standard InChI is InChI=1S/C19H17ClN2O4S/c1-25-15-7-6-12(20)10-14(15)21-17(23)11-26-19(24)9-8-18-22-13-4-2-3-5-16(13)27-18/h2-7,10H,8-9,11H2,1H3,(H,21,23). The molecule has 0 bridgehead atoms. The van der Waals surface area contributed by atoms with E-state index in [4.69, 9.17) is 21.1 Å². The highest BCUT2D eigenvalue weighted by Crippen LogP contribution is 2.27. The summed E-state index contributed by atoms with van der Waals surface area (Å²) >= 11 is 7.46. The highest BCUT2D eigenvalue weighted by atomic mass is 35.5. The molecule has 0 spiro atoms. The molecule has 0 aliphatic carbocycles. The number of hydrogen-bond donors (Lipinski definition) is 1. The van der Waals surface area contributed by atoms with Gasteiger partial charge in [-0.25, -0.2) is 4.98 Å². The number of thiazole rings is 1. The number of fused-ring (bicyclic) bond motifs is 1. The molecule has 3 rings (SSSR count). The SMILES string of the molecule is COc1ccc(Cl)cc1NC(=O)COC(=O)CCc1nc2ccccc2s1. The van der Waals surface area contributed by atoms with Crippen LogP contribution in [0.4, 0.5) is 5.69 Å². The molecular weight excluding hydrogens is 388 g/mol. The van der Waals surface area contributed by atoms with Gasteiger partial charge in [0.1, 0.15) is 5.75 Å². The highest BCUT2D eigenvalue weighted by Gasteiger charge is 2.12. The Morgan fingerprint density at radius 2 is 2.04 bits per heavy atom. The molecule has 0 aliphatic heterocycles. The number of rotatable bonds is 7. The van der Waals surface area contributed by atoms with Crippen molar-refractivity contribution in [2.75, 3.05) is 19.0 Å². The Hall–Kier alpha value is -2.64. The summed E-state index contributed by atoms with van der Waals surface area (Å²) in [7, 11) is 1.49. The number of benzene rings is 2. The summed E-state index contributed by atoms with van der Waals surface area (Å²) < 4.78 is 11.3. The van der Waals surface area contributed by atoms with Crippen molar-refractivity contribution in [1.29, 1.82) is 0 Å². The van der Waals surface area contributed by atoms with E-state index in [1.807, 2.05) is 24.3 Å². The van der Waals surface area contributed by atoms with Gasteiger partial charge in [-0.3, -0.25) is 9.59 Å². The number of nitrogens with zero attached hydrogens (tertiary/aromatic N) is 1. The zero-order valence-corrected chi connectivity index (χ0v) is 16.1. The number of hydrogen-bond acceptors (Lipinski definition) is 6. The van der Waals surface area contributed by atoms with Crippen molar-refractivity contribution in [1.82, 2.24) is 4.98 Å². The van der Waals surface area contributed by atoms with Gasteiger partial charge in [0.2, 0.25) is 0 Å². The minimum atomic E-state index is -0.469. The zero-order valence-electron chi connectivity index (χ0n) is 14.5. The molecule has 1 aromatic heterocycles. The first kappa shape index (κ1) is 19.1. The number of halogens is 1. The van der Waals surface area contributed by atoms with Gasteiger partial charge in [-0.05, 0) is 30.3 Å². The Labute approximate surface area is 165 Å². The van der Waals surface area contributed by atoms with Crippen molar-refractivity contribution >= 4 is 50.7 Å². The third-order valence-electron chi connectivity index (χ3n) is 3.68. The summed E-state index contributed by atoms with van der Waals surface area (Å²) in [5, 5.41) is 3.93. The second-order valence-corrected chi connectivity index (χ2v) is 7.18. The van der Waals surface area contributed by atoms with Gasteiger partial charge >= 0.3 is 5.97 Å². The van der Waals surface area contributed by atoms with Gasteiger partial charge in [0, 0.05) is 11.4 Å². The van der Waals surface area contributed by atoms with Crippen molar-refractivity contribution in [3.8, 4) is 5.75 Å². The highest BCUT2D eigenvalue weighted by molar-refractivity contribution is 7.18. The Morgan fingerprint density at radius 3 is 2.81 bits per heavy atom. The summed E-state index contributed by atoms with van der Waals surface area (Å²) in [5.41, 5.74) is 1.33. The van der Waals surface area contributed by atoms with Crippen molar-refractivity contribution in [3.05, 3.63) is 52.5 Å². The summed E-state index contributed by atoms with van der Waals surface area (Å²) in [6.07, 6.45) is 0.634. The molecule has 6 nitrogen and oxygen atoms in total. The minimum Gasteiger partial charge on any atom is -0.495 e. The van der Waals surface area contributed by atoms with E-state index in [0.717, 1.165) is 15.2 Å². The minimum absolute atomic E-state index is 0.160. The molecule has 0 saturated carbocycles. The Kier molecular flexibility index (Phi) is 6.26. The maximum Gasteiger partial charge on any atom is 0.306 e. The van der Waals surface area contributed by atoms with E-state index >= 15 is 0 Å². The summed E-state index contributed by atoms with van der Waals surface area (Å²) in [6, 6.07) is 12.7. The molecule has 0 atom stereocenters. The lowest BCUT2D eigenvalue weighted by Gasteiger charge is -2.10. The number of methoxy groups -OCH3 is 1. The van der Waals surface area contributed by atoms with Crippen LogP contribution in [0.5, 0.6) is 5.75 Å². The average Bonchev–Trinajstić information content (AvgIpc) is 3.08. The fourth-order valence-electron chi connectivity index (χ4n) is 2.42. The lowest BCUT2D eigenvalue weighted by atomic mass is 10.3. The molecule has 1 N–H and O–H groups in total. The van der Waals surface area contributed by atoms with E-state index in [1.54, 1.807) is 29.5 Å². The molecule has 1 heterocycles. The fraction of sp³-hybridized carbons (Fsp3) is 0.211. The van der Waals surface area contributed by atoms with Gasteiger partial charge in [-0.15, -0.1) is 11.3 Å². The smallest absolute Gasteiger partial charge is 0.306 e. The molecular formula is C19H17ClN2O4S. The van der Waals surface area contributed by atoms with Gasteiger partial charge in [0.05, 0.1) is 34.4 Å². The molecule has 0 aliphatic rings. The average molecular weight is 405 g/mol. The molecule has 0 radical (unpaired) electrons. The third kappa shape index (κ3) is 5.18. The van der Waals surface area contributed by atoms with Crippen LogP contribution >= 0.6 is 22.9 Å². The second-order valence-electron chi connectivity index (χ2n) is 5.63. The van der Waals surface area contributed by atoms with Crippen molar-refractivity contribution in [2.24, 2.45) is 0 Å². The zero-order chi connectivity index (χ0) is 19.2. The number of aryl methyl sites for hydroxylation is 1. The molecule has 2 aromatic carbocycles. The maximum absolute atomic E-state index is 12.0. The van der Waals surface area contributed by atoms with Gasteiger partial charge < -0.3 is 14.8 Å². The lowest BCUT2D eigenvalue weighted by molar-refractivity contribution is -0.147. The normalized spacial score (nSPS) is 10.6. The quantitative estimate of drug-likeness (QED) is 0.600. The molecule has 8 heteroatoms. The molecule has 27 heavy (non-hydrogen) atoms. The Bertz CT molecular complexity index is 940. The van der Waals surface area contributed by atoms with Crippen LogP contribution in [0.2, 0.25) is 5.02 Å². The number of carbonyl (C=O) groups excluding carboxylic acids is 2. The van der Waals surface area contributed by atoms with Gasteiger partial charge in [-0.2, -0.15) is 0 Å². The first-order valence-electron chi connectivity index (χ1n) is 8.18. The molecule has 1 amide bonds. The van der Waals surface area contributed by atoms with E-state index in [1.165, 1.54) is 7.11 Å². The maximum atomic E-state index is 12.0. The van der Waals surface area contributed by atoms with Gasteiger partial charge in [0.15, 0.2) is 6.61 Å². The number of carbonyl (C=O) groups is 2. The van der Waals surface area contributed by atoms with E-state index < -0.39 is 11.9 Å². The molecule has 0 fully saturated rings. The molecule has 3 aromatic rings. The van der Waals surface area contributed by atoms with E-state index in [-0.39, 0.29) is 13.0 Å². The van der Waals surface area contributed by atoms with Crippen molar-refractivity contribution < 1.29 is 19.1 Å². The molecule has 140 valence electrons. The predicted octanol–water partition coefficient (Wildman–Crippen LogP) is 4.07. The van der Waals surface area contributed by atoms with E-state index in [0.29, 0.717) is 22.9 Å². The second kappa shape index (κ2) is 8.83. The van der Waals surface area contributed by atoms with Crippen LogP contribution in [-0.2, 0) is 20.7 Å². The fourth-order valence-corrected chi connectivity index (χ4v) is 3.56. The van der Waals surface area contributed by atoms with Crippen LogP contribution in [0.15, 0.2) is 42.5 Å². The monoisotopic (exact) mass is 404 g/mol. The lowest BCUT2D eigenvalue weighted by Crippen LogP contribution is -2.21. The number of esters is 1. The largest absolute Gasteiger partial charge is 0.495 e. The van der Waals surface area contributed by atoms with Crippen molar-refractivity contribution in [3.63, 3.8) is 0 Å².